The molecule has 0 amide bonds. The number of hydrogen-bond acceptors (Lipinski definition) is 1. The summed E-state index contributed by atoms with van der Waals surface area (Å²) < 4.78 is 0. The van der Waals surface area contributed by atoms with Crippen molar-refractivity contribution in [1.29, 1.82) is 0 Å². The van der Waals surface area contributed by atoms with E-state index in [9.17, 15) is 0 Å². The molecule has 0 aliphatic rings. The maximum Gasteiger partial charge on any atom is 0.0320 e. The molecule has 69 valence electrons. The number of benzene rings is 2. The van der Waals surface area contributed by atoms with Crippen molar-refractivity contribution in [2.45, 2.75) is 0 Å². The zero-order chi connectivity index (χ0) is 9.97. The summed E-state index contributed by atoms with van der Waals surface area (Å²) in [6.45, 7) is 3.85. The molecule has 0 bridgehead atoms. The van der Waals surface area contributed by atoms with Crippen LogP contribution < -0.4 is 5.73 Å². The highest BCUT2D eigenvalue weighted by Gasteiger charge is 1.96. The van der Waals surface area contributed by atoms with Crippen molar-refractivity contribution in [2.75, 3.05) is 5.73 Å². The van der Waals surface area contributed by atoms with E-state index >= 15 is 0 Å². The minimum absolute atomic E-state index is 0.793. The Kier molecular flexibility index (Phi) is 2.23. The first-order chi connectivity index (χ1) is 6.75. The van der Waals surface area contributed by atoms with Gasteiger partial charge in [0.25, 0.3) is 0 Å². The molecular weight excluding hydrogens is 170 g/mol. The first-order valence-corrected chi connectivity index (χ1v) is 4.53. The Labute approximate surface area is 84.2 Å². The van der Waals surface area contributed by atoms with Crippen molar-refractivity contribution in [1.82, 2.24) is 0 Å². The molecule has 0 aromatic heterocycles. The van der Waals surface area contributed by atoms with E-state index in [-0.39, 0.29) is 0 Å². The van der Waals surface area contributed by atoms with Crippen LogP contribution in [0.2, 0.25) is 0 Å². The molecular formula is C13H12N. The van der Waals surface area contributed by atoms with E-state index < -0.39 is 0 Å². The monoisotopic (exact) mass is 182 g/mol. The van der Waals surface area contributed by atoms with Gasteiger partial charge in [-0.05, 0) is 35.7 Å². The largest absolute Gasteiger partial charge is 0.399 e. The number of rotatable bonds is 1. The van der Waals surface area contributed by atoms with E-state index in [4.69, 9.17) is 5.73 Å². The van der Waals surface area contributed by atoms with E-state index in [1.54, 1.807) is 0 Å². The lowest BCUT2D eigenvalue weighted by Crippen LogP contribution is -1.84. The topological polar surface area (TPSA) is 26.0 Å². The lowest BCUT2D eigenvalue weighted by molar-refractivity contribution is 1.57. The SMILES string of the molecule is [CH2]c1ccc(-c2cccc(N)c2)cc1. The normalized spacial score (nSPS) is 10.1. The average molecular weight is 182 g/mol. The van der Waals surface area contributed by atoms with Crippen molar-refractivity contribution in [2.24, 2.45) is 0 Å². The molecule has 0 heterocycles. The summed E-state index contributed by atoms with van der Waals surface area (Å²) in [4.78, 5) is 0. The summed E-state index contributed by atoms with van der Waals surface area (Å²) in [7, 11) is 0. The van der Waals surface area contributed by atoms with Gasteiger partial charge < -0.3 is 5.73 Å². The molecule has 0 unspecified atom stereocenters. The zero-order valence-electron chi connectivity index (χ0n) is 7.90. The van der Waals surface area contributed by atoms with Gasteiger partial charge in [0.05, 0.1) is 0 Å². The highest BCUT2D eigenvalue weighted by Crippen LogP contribution is 2.21. The standard InChI is InChI=1S/C13H12N/c1-10-5-7-11(8-6-10)12-3-2-4-13(14)9-12/h2-9H,1,14H2. The molecule has 0 spiro atoms. The van der Waals surface area contributed by atoms with E-state index in [1.807, 2.05) is 30.3 Å². The minimum Gasteiger partial charge on any atom is -0.399 e. The highest BCUT2D eigenvalue weighted by molar-refractivity contribution is 5.67. The van der Waals surface area contributed by atoms with Crippen LogP contribution in [-0.2, 0) is 0 Å². The quantitative estimate of drug-likeness (QED) is 0.674. The third kappa shape index (κ3) is 1.77. The van der Waals surface area contributed by atoms with Crippen LogP contribution in [0.4, 0.5) is 5.69 Å². The third-order valence-electron chi connectivity index (χ3n) is 2.17. The fourth-order valence-corrected chi connectivity index (χ4v) is 1.42. The lowest BCUT2D eigenvalue weighted by Gasteiger charge is -2.02. The van der Waals surface area contributed by atoms with Crippen molar-refractivity contribution in [3.63, 3.8) is 0 Å². The van der Waals surface area contributed by atoms with E-state index in [0.717, 1.165) is 16.8 Å². The van der Waals surface area contributed by atoms with Crippen molar-refractivity contribution < 1.29 is 0 Å². The molecule has 0 atom stereocenters. The first-order valence-electron chi connectivity index (χ1n) is 4.53. The molecule has 0 saturated carbocycles. The summed E-state index contributed by atoms with van der Waals surface area (Å²) >= 11 is 0. The Bertz CT molecular complexity index is 429. The van der Waals surface area contributed by atoms with E-state index in [0.29, 0.717) is 0 Å². The maximum absolute atomic E-state index is 5.71. The van der Waals surface area contributed by atoms with Crippen molar-refractivity contribution >= 4 is 5.69 Å². The van der Waals surface area contributed by atoms with E-state index in [2.05, 4.69) is 25.1 Å². The van der Waals surface area contributed by atoms with Crippen LogP contribution in [0.3, 0.4) is 0 Å². The molecule has 1 radical (unpaired) electrons. The molecule has 14 heavy (non-hydrogen) atoms. The number of nitrogens with two attached hydrogens (primary N) is 1. The minimum atomic E-state index is 0.793. The van der Waals surface area contributed by atoms with Crippen LogP contribution in [0.25, 0.3) is 11.1 Å². The third-order valence-corrected chi connectivity index (χ3v) is 2.17. The summed E-state index contributed by atoms with van der Waals surface area (Å²) in [6.07, 6.45) is 0. The Morgan fingerprint density at radius 3 is 2.21 bits per heavy atom. The lowest BCUT2D eigenvalue weighted by atomic mass is 10.0. The molecule has 2 N–H and O–H groups in total. The van der Waals surface area contributed by atoms with Crippen LogP contribution in [0.5, 0.6) is 0 Å². The summed E-state index contributed by atoms with van der Waals surface area (Å²) in [5.41, 5.74) is 9.85. The van der Waals surface area contributed by atoms with Crippen LogP contribution in [0.1, 0.15) is 5.56 Å². The van der Waals surface area contributed by atoms with Crippen LogP contribution in [0.15, 0.2) is 48.5 Å². The van der Waals surface area contributed by atoms with Crippen LogP contribution in [0, 0.1) is 6.92 Å². The van der Waals surface area contributed by atoms with Crippen LogP contribution >= 0.6 is 0 Å². The summed E-state index contributed by atoms with van der Waals surface area (Å²) in [5.74, 6) is 0. The van der Waals surface area contributed by atoms with Gasteiger partial charge in [-0.1, -0.05) is 36.4 Å². The molecule has 1 heteroatoms. The van der Waals surface area contributed by atoms with E-state index in [1.165, 1.54) is 5.56 Å². The van der Waals surface area contributed by atoms with Gasteiger partial charge in [0.1, 0.15) is 0 Å². The predicted molar refractivity (Wildman–Crippen MR) is 60.7 cm³/mol. The zero-order valence-corrected chi connectivity index (χ0v) is 7.90. The fraction of sp³-hybridized carbons (Fsp3) is 0. The molecule has 2 rings (SSSR count). The summed E-state index contributed by atoms with van der Waals surface area (Å²) in [6, 6.07) is 16.0. The molecule has 0 aliphatic carbocycles. The van der Waals surface area contributed by atoms with Gasteiger partial charge in [-0.2, -0.15) is 0 Å². The number of hydrogen-bond donors (Lipinski definition) is 1. The average Bonchev–Trinajstić information content (AvgIpc) is 2.19. The molecule has 0 aliphatic heterocycles. The Morgan fingerprint density at radius 1 is 0.857 bits per heavy atom. The number of anilines is 1. The van der Waals surface area contributed by atoms with Crippen molar-refractivity contribution in [3.8, 4) is 11.1 Å². The fourth-order valence-electron chi connectivity index (χ4n) is 1.42. The van der Waals surface area contributed by atoms with Gasteiger partial charge in [0, 0.05) is 5.69 Å². The van der Waals surface area contributed by atoms with Gasteiger partial charge in [-0.3, -0.25) is 0 Å². The van der Waals surface area contributed by atoms with Gasteiger partial charge in [0.15, 0.2) is 0 Å². The molecule has 2 aromatic carbocycles. The van der Waals surface area contributed by atoms with Crippen molar-refractivity contribution in [3.05, 3.63) is 61.0 Å². The van der Waals surface area contributed by atoms with Crippen LogP contribution in [-0.4, -0.2) is 0 Å². The second kappa shape index (κ2) is 3.54. The highest BCUT2D eigenvalue weighted by atomic mass is 14.5. The second-order valence-electron chi connectivity index (χ2n) is 3.32. The van der Waals surface area contributed by atoms with Gasteiger partial charge >= 0.3 is 0 Å². The van der Waals surface area contributed by atoms with Gasteiger partial charge in [-0.25, -0.2) is 0 Å². The maximum atomic E-state index is 5.71. The Hall–Kier alpha value is -1.76. The number of nitrogen functional groups attached to an aromatic ring is 1. The molecule has 0 saturated heterocycles. The smallest absolute Gasteiger partial charge is 0.0320 e. The van der Waals surface area contributed by atoms with Gasteiger partial charge in [-0.15, -0.1) is 0 Å². The Morgan fingerprint density at radius 2 is 1.57 bits per heavy atom. The molecule has 0 fully saturated rings. The Balaban J connectivity index is 2.44. The summed E-state index contributed by atoms with van der Waals surface area (Å²) in [5, 5.41) is 0. The second-order valence-corrected chi connectivity index (χ2v) is 3.32. The first kappa shape index (κ1) is 8.82. The molecule has 1 nitrogen and oxygen atoms in total. The van der Waals surface area contributed by atoms with Gasteiger partial charge in [0.2, 0.25) is 0 Å². The molecule has 2 aromatic rings. The predicted octanol–water partition coefficient (Wildman–Crippen LogP) is 3.12.